The van der Waals surface area contributed by atoms with Crippen LogP contribution in [0.2, 0.25) is 0 Å². The third kappa shape index (κ3) is 20.6. The molecule has 4 aromatic heterocycles. The summed E-state index contributed by atoms with van der Waals surface area (Å²) in [5, 5.41) is 51.8. The molecule has 0 spiro atoms. The summed E-state index contributed by atoms with van der Waals surface area (Å²) in [5.41, 5.74) is 23.0. The normalized spacial score (nSPS) is 12.3. The van der Waals surface area contributed by atoms with Crippen LogP contribution in [0.4, 0.5) is 34.1 Å². The molecule has 5 heterocycles. The number of rotatable bonds is 17. The molecular formula is C124H98B3BrN6O6. The first-order valence-corrected chi connectivity index (χ1v) is 47.5. The van der Waals surface area contributed by atoms with Crippen LogP contribution < -0.4 is 26.2 Å². The van der Waals surface area contributed by atoms with Gasteiger partial charge in [-0.2, -0.15) is 0 Å². The van der Waals surface area contributed by atoms with Crippen molar-refractivity contribution in [1.29, 1.82) is 0 Å². The van der Waals surface area contributed by atoms with Crippen molar-refractivity contribution in [2.24, 2.45) is 0 Å². The lowest BCUT2D eigenvalue weighted by Crippen LogP contribution is -2.41. The molecule has 676 valence electrons. The van der Waals surface area contributed by atoms with Gasteiger partial charge in [0.05, 0.1) is 34.0 Å². The van der Waals surface area contributed by atoms with Gasteiger partial charge in [-0.3, -0.25) is 19.9 Å². The molecular weight excluding hydrogens is 1780 g/mol. The summed E-state index contributed by atoms with van der Waals surface area (Å²) in [7, 11) is -3.32. The van der Waals surface area contributed by atoms with E-state index in [0.29, 0.717) is 10.9 Å². The number of pyridine rings is 4. The minimum Gasteiger partial charge on any atom is -0.423 e. The van der Waals surface area contributed by atoms with Crippen molar-refractivity contribution in [2.45, 2.75) is 38.9 Å². The molecule has 0 radical (unpaired) electrons. The average molecular weight is 1880 g/mol. The number of nitrogens with zero attached hydrogens (tertiary/aromatic N) is 6. The van der Waals surface area contributed by atoms with Gasteiger partial charge < -0.3 is 39.2 Å². The fourth-order valence-electron chi connectivity index (χ4n) is 18.0. The minimum atomic E-state index is -1.47. The second-order valence-corrected chi connectivity index (χ2v) is 35.9. The summed E-state index contributed by atoms with van der Waals surface area (Å²) < 4.78 is 14.0. The van der Waals surface area contributed by atoms with Crippen LogP contribution in [0.15, 0.2) is 490 Å². The highest BCUT2D eigenvalue weighted by Crippen LogP contribution is 2.47. The van der Waals surface area contributed by atoms with Crippen molar-refractivity contribution in [3.8, 4) is 67.3 Å². The minimum absolute atomic E-state index is 0.381. The van der Waals surface area contributed by atoms with E-state index >= 15 is 0 Å². The largest absolute Gasteiger partial charge is 0.494 e. The lowest BCUT2D eigenvalue weighted by molar-refractivity contribution is 0.00578. The first-order valence-electron chi connectivity index (χ1n) is 46.8. The predicted molar refractivity (Wildman–Crippen MR) is 589 cm³/mol. The van der Waals surface area contributed by atoms with Crippen molar-refractivity contribution >= 4 is 165 Å². The topological polar surface area (TPSA) is 157 Å². The molecule has 0 saturated carbocycles. The van der Waals surface area contributed by atoms with Crippen LogP contribution in [-0.2, 0) is 9.31 Å². The Labute approximate surface area is 825 Å². The van der Waals surface area contributed by atoms with E-state index in [-0.39, 0.29) is 11.2 Å². The Balaban J connectivity index is 0.000000112. The number of fused-ring (bicyclic) bond motifs is 6. The maximum absolute atomic E-state index is 9.39. The Bertz CT molecular complexity index is 7780. The lowest BCUT2D eigenvalue weighted by Gasteiger charge is -2.32. The number of para-hydroxylation sites is 3. The molecule has 4 N–H and O–H groups in total. The molecule has 0 unspecified atom stereocenters. The average Bonchev–Trinajstić information content (AvgIpc) is 1.38. The fourth-order valence-corrected chi connectivity index (χ4v) is 18.7. The number of benzene rings is 18. The first kappa shape index (κ1) is 92.9. The van der Waals surface area contributed by atoms with Crippen molar-refractivity contribution in [3.63, 3.8) is 0 Å². The third-order valence-electron chi connectivity index (χ3n) is 25.7. The zero-order valence-corrected chi connectivity index (χ0v) is 79.3. The summed E-state index contributed by atoms with van der Waals surface area (Å²) >= 11 is 3.86. The Hall–Kier alpha value is -16.1. The molecule has 0 atom stereocenters. The van der Waals surface area contributed by atoms with E-state index in [4.69, 9.17) is 9.31 Å². The van der Waals surface area contributed by atoms with Crippen molar-refractivity contribution < 1.29 is 29.4 Å². The first-order chi connectivity index (χ1) is 68.5. The highest BCUT2D eigenvalue weighted by molar-refractivity contribution is 9.10. The zero-order valence-electron chi connectivity index (χ0n) is 77.7. The second-order valence-electron chi connectivity index (χ2n) is 35.1. The quantitative estimate of drug-likeness (QED) is 0.0389. The van der Waals surface area contributed by atoms with E-state index in [1.165, 1.54) is 92.5 Å². The van der Waals surface area contributed by atoms with Gasteiger partial charge in [-0.25, -0.2) is 0 Å². The van der Waals surface area contributed by atoms with Crippen LogP contribution in [0, 0.1) is 0 Å². The Morgan fingerprint density at radius 2 is 0.564 bits per heavy atom. The van der Waals surface area contributed by atoms with Crippen LogP contribution in [0.5, 0.6) is 0 Å². The van der Waals surface area contributed by atoms with Gasteiger partial charge in [-0.05, 0) is 298 Å². The van der Waals surface area contributed by atoms with Crippen molar-refractivity contribution in [1.82, 2.24) is 19.9 Å². The number of hydrogen-bond acceptors (Lipinski definition) is 12. The van der Waals surface area contributed by atoms with Gasteiger partial charge in [-0.15, -0.1) is 0 Å². The van der Waals surface area contributed by atoms with Gasteiger partial charge in [-0.1, -0.05) is 334 Å². The predicted octanol–water partition coefficient (Wildman–Crippen LogP) is 28.5. The van der Waals surface area contributed by atoms with Crippen LogP contribution in [0.25, 0.3) is 144 Å². The van der Waals surface area contributed by atoms with Gasteiger partial charge in [0.1, 0.15) is 0 Å². The van der Waals surface area contributed by atoms with E-state index < -0.39 is 21.4 Å². The van der Waals surface area contributed by atoms with Crippen LogP contribution in [-0.4, -0.2) is 72.6 Å². The van der Waals surface area contributed by atoms with Crippen LogP contribution in [0.3, 0.4) is 0 Å². The number of hydrogen-bond donors (Lipinski definition) is 4. The lowest BCUT2D eigenvalue weighted by atomic mass is 9.76. The molecule has 0 aliphatic carbocycles. The second kappa shape index (κ2) is 42.7. The van der Waals surface area contributed by atoms with Crippen LogP contribution in [0.1, 0.15) is 38.8 Å². The third-order valence-corrected chi connectivity index (χ3v) is 26.5. The Morgan fingerprint density at radius 1 is 0.264 bits per heavy atom. The number of anilines is 6. The molecule has 1 fully saturated rings. The molecule has 23 rings (SSSR count). The van der Waals surface area contributed by atoms with Crippen LogP contribution >= 0.6 is 15.9 Å². The highest BCUT2D eigenvalue weighted by atomic mass is 79.9. The number of halogens is 1. The molecule has 0 amide bonds. The Morgan fingerprint density at radius 3 is 0.936 bits per heavy atom. The van der Waals surface area contributed by atoms with E-state index in [1.807, 2.05) is 195 Å². The van der Waals surface area contributed by atoms with E-state index in [1.54, 1.807) is 24.3 Å². The summed E-state index contributed by atoms with van der Waals surface area (Å²) in [6, 6.07) is 157. The molecule has 1 saturated heterocycles. The molecule has 22 aromatic rings. The molecule has 1 aliphatic rings. The summed E-state index contributed by atoms with van der Waals surface area (Å²) in [5.74, 6) is 0. The van der Waals surface area contributed by atoms with Crippen molar-refractivity contribution in [2.75, 3.05) is 9.80 Å². The van der Waals surface area contributed by atoms with Crippen molar-refractivity contribution in [3.05, 3.63) is 501 Å². The summed E-state index contributed by atoms with van der Waals surface area (Å²) in [6.07, 6.45) is 11.6. The standard InChI is InChI=1S/C32H29BO2.C26H22BNO2.C24H15BrN2.C24H16N2.C18H16BNO2/c1-31(2)32(3,4)35-33(34-31)24-19-20-27-28(21-24)30(23-15-9-6-10-16-23)26-18-12-11-17-25(26)29(27)22-13-7-5-8-14-22;29-27(30)23-15-19-26(20-16-23)28(24-9-5-2-6-10-24)25-17-13-22(14-18-25)12-11-21-7-3-1-4-8-21;25-24-18-9-5-7-16(22-11-1-3-13-26-22)20(18)15-21-17(8-6-10-19(21)24)23-12-2-4-14-27-23;1-3-13-25-23(11-1)19-9-5-7-17-15-18-8-6-10-20(22(18)16-21(17)19)24-12-2-4-14-26-24;21-19(22)15-11-13-18(14-12-15)20(16-7-3-1-4-8-16)17-9-5-2-6-10-17/h5-21H,1-4H3;1-20,29-30H;1-15H;1-16H;1-14,21-22H/b;12-11+;;;. The molecule has 18 aromatic carbocycles. The summed E-state index contributed by atoms with van der Waals surface area (Å²) in [6.45, 7) is 8.41. The monoisotopic (exact) mass is 1880 g/mol. The molecule has 140 heavy (non-hydrogen) atoms. The fraction of sp³-hybridized carbons (Fsp3) is 0.0484. The smallest absolute Gasteiger partial charge is 0.423 e. The molecule has 12 nitrogen and oxygen atoms in total. The maximum Gasteiger partial charge on any atom is 0.494 e. The maximum atomic E-state index is 9.39. The van der Waals surface area contributed by atoms with E-state index in [0.717, 1.165) is 94.7 Å². The van der Waals surface area contributed by atoms with Gasteiger partial charge in [0.15, 0.2) is 0 Å². The Kier molecular flexibility index (Phi) is 28.3. The van der Waals surface area contributed by atoms with Gasteiger partial charge in [0, 0.05) is 85.6 Å². The van der Waals surface area contributed by atoms with Gasteiger partial charge in [0.2, 0.25) is 0 Å². The van der Waals surface area contributed by atoms with E-state index in [9.17, 15) is 20.1 Å². The van der Waals surface area contributed by atoms with E-state index in [2.05, 4.69) is 352 Å². The molecule has 0 bridgehead atoms. The van der Waals surface area contributed by atoms with Gasteiger partial charge >= 0.3 is 21.4 Å². The zero-order chi connectivity index (χ0) is 95.9. The summed E-state index contributed by atoms with van der Waals surface area (Å²) in [4.78, 5) is 22.5. The highest BCUT2D eigenvalue weighted by Gasteiger charge is 2.52. The molecule has 16 heteroatoms. The molecule has 1 aliphatic heterocycles. The van der Waals surface area contributed by atoms with Gasteiger partial charge in [0.25, 0.3) is 0 Å². The SMILES string of the molecule is Brc1c2cccc(-c3ccccn3)c2cc2c(-c3ccccn3)cccc12.CC1(C)OB(c2ccc3c(-c4ccccc4)c4ccccc4c(-c4ccccc4)c3c2)OC1(C)C.OB(O)c1ccc(N(c2ccccc2)c2ccc(/C=C/c3ccccc3)cc2)cc1.OB(O)c1ccc(N(c2ccccc2)c2ccccc2)cc1.c1ccc(-c2cccc3cc4cccc(-c5ccccn5)c4cc23)nc1. The number of aromatic nitrogens is 4.